The standard InChI is InChI=1S/C18H26N2O5.ClH/c1-11(21)25-15-7-6-14(13-5-8-16(23)20-17(13)15)24-10-12(22)9-19-18(2,3)4;/h6-7,12,19,22H,5,8-10H2,1-4H3,(H,20,23);1H. The van der Waals surface area contributed by atoms with Gasteiger partial charge in [-0.1, -0.05) is 0 Å². The highest BCUT2D eigenvalue weighted by molar-refractivity contribution is 5.97. The number of esters is 1. The van der Waals surface area contributed by atoms with E-state index in [9.17, 15) is 14.7 Å². The van der Waals surface area contributed by atoms with E-state index in [4.69, 9.17) is 9.47 Å². The number of benzene rings is 1. The first-order valence-corrected chi connectivity index (χ1v) is 8.36. The van der Waals surface area contributed by atoms with Crippen LogP contribution in [0.4, 0.5) is 5.69 Å². The Balaban J connectivity index is 0.00000338. The van der Waals surface area contributed by atoms with Crippen LogP contribution in [0.2, 0.25) is 0 Å². The van der Waals surface area contributed by atoms with Crippen molar-refractivity contribution < 1.29 is 24.2 Å². The predicted octanol–water partition coefficient (Wildman–Crippen LogP) is 2.05. The van der Waals surface area contributed by atoms with Gasteiger partial charge >= 0.3 is 5.97 Å². The van der Waals surface area contributed by atoms with Crippen molar-refractivity contribution >= 4 is 30.0 Å². The van der Waals surface area contributed by atoms with E-state index in [1.807, 2.05) is 20.8 Å². The first-order chi connectivity index (χ1) is 11.7. The van der Waals surface area contributed by atoms with Gasteiger partial charge < -0.3 is 25.2 Å². The zero-order valence-corrected chi connectivity index (χ0v) is 16.4. The third-order valence-corrected chi connectivity index (χ3v) is 3.65. The predicted molar refractivity (Wildman–Crippen MR) is 101 cm³/mol. The highest BCUT2D eigenvalue weighted by Gasteiger charge is 2.24. The van der Waals surface area contributed by atoms with Crippen LogP contribution in [0.5, 0.6) is 11.5 Å². The molecule has 1 aliphatic rings. The number of rotatable bonds is 6. The smallest absolute Gasteiger partial charge is 0.308 e. The average Bonchev–Trinajstić information content (AvgIpc) is 2.51. The minimum atomic E-state index is -0.666. The summed E-state index contributed by atoms with van der Waals surface area (Å²) in [6.07, 6.45) is 0.157. The van der Waals surface area contributed by atoms with Gasteiger partial charge in [-0.15, -0.1) is 12.4 Å². The summed E-state index contributed by atoms with van der Waals surface area (Å²) in [6.45, 7) is 7.90. The van der Waals surface area contributed by atoms with E-state index in [2.05, 4.69) is 10.6 Å². The number of anilines is 1. The Hall–Kier alpha value is -1.83. The summed E-state index contributed by atoms with van der Waals surface area (Å²) in [4.78, 5) is 22.9. The van der Waals surface area contributed by atoms with E-state index in [0.717, 1.165) is 5.56 Å². The van der Waals surface area contributed by atoms with Crippen LogP contribution in [0, 0.1) is 0 Å². The van der Waals surface area contributed by atoms with Crippen molar-refractivity contribution in [2.75, 3.05) is 18.5 Å². The number of aliphatic hydroxyl groups is 1. The Morgan fingerprint density at radius 2 is 1.96 bits per heavy atom. The van der Waals surface area contributed by atoms with Crippen molar-refractivity contribution in [1.82, 2.24) is 5.32 Å². The Labute approximate surface area is 159 Å². The highest BCUT2D eigenvalue weighted by Crippen LogP contribution is 2.39. The molecule has 1 aromatic carbocycles. The third-order valence-electron chi connectivity index (χ3n) is 3.65. The molecule has 0 saturated heterocycles. The fraction of sp³-hybridized carbons (Fsp3) is 0.556. The minimum Gasteiger partial charge on any atom is -0.490 e. The summed E-state index contributed by atoms with van der Waals surface area (Å²) in [7, 11) is 0. The number of ether oxygens (including phenoxy) is 2. The molecule has 146 valence electrons. The van der Waals surface area contributed by atoms with Gasteiger partial charge in [-0.25, -0.2) is 0 Å². The van der Waals surface area contributed by atoms with E-state index in [1.165, 1.54) is 6.92 Å². The van der Waals surface area contributed by atoms with Gasteiger partial charge in [0.2, 0.25) is 5.91 Å². The van der Waals surface area contributed by atoms with Crippen LogP contribution in [0.3, 0.4) is 0 Å². The molecule has 1 unspecified atom stereocenters. The maximum Gasteiger partial charge on any atom is 0.308 e. The number of β-amino-alcohol motifs (C(OH)–C–C–N with tert-alkyl or cyclic N) is 1. The minimum absolute atomic E-state index is 0. The van der Waals surface area contributed by atoms with E-state index in [0.29, 0.717) is 36.6 Å². The molecular formula is C18H27ClN2O5. The fourth-order valence-corrected chi connectivity index (χ4v) is 2.48. The van der Waals surface area contributed by atoms with E-state index >= 15 is 0 Å². The molecular weight excluding hydrogens is 360 g/mol. The summed E-state index contributed by atoms with van der Waals surface area (Å²) in [6, 6.07) is 3.28. The second-order valence-corrected chi connectivity index (χ2v) is 7.15. The zero-order chi connectivity index (χ0) is 18.6. The quantitative estimate of drug-likeness (QED) is 0.511. The maximum atomic E-state index is 11.7. The molecule has 3 N–H and O–H groups in total. The molecule has 1 aliphatic heterocycles. The van der Waals surface area contributed by atoms with Crippen molar-refractivity contribution in [3.05, 3.63) is 17.7 Å². The van der Waals surface area contributed by atoms with Crippen molar-refractivity contribution in [3.63, 3.8) is 0 Å². The number of halogens is 1. The lowest BCUT2D eigenvalue weighted by Crippen LogP contribution is -2.42. The largest absolute Gasteiger partial charge is 0.490 e. The van der Waals surface area contributed by atoms with Gasteiger partial charge in [0.15, 0.2) is 5.75 Å². The second kappa shape index (κ2) is 9.21. The summed E-state index contributed by atoms with van der Waals surface area (Å²) < 4.78 is 10.9. The second-order valence-electron chi connectivity index (χ2n) is 7.15. The Bertz CT molecular complexity index is 658. The van der Waals surface area contributed by atoms with Crippen LogP contribution >= 0.6 is 12.4 Å². The molecule has 0 spiro atoms. The summed E-state index contributed by atoms with van der Waals surface area (Å²) in [5, 5.41) is 16.0. The number of aliphatic hydroxyl groups excluding tert-OH is 1. The van der Waals surface area contributed by atoms with Crippen molar-refractivity contribution in [2.24, 2.45) is 0 Å². The highest BCUT2D eigenvalue weighted by atomic mass is 35.5. The molecule has 1 aromatic rings. The van der Waals surface area contributed by atoms with Gasteiger partial charge in [-0.3, -0.25) is 9.59 Å². The molecule has 1 amide bonds. The van der Waals surface area contributed by atoms with Crippen molar-refractivity contribution in [1.29, 1.82) is 0 Å². The molecule has 0 aromatic heterocycles. The van der Waals surface area contributed by atoms with E-state index < -0.39 is 12.1 Å². The van der Waals surface area contributed by atoms with Gasteiger partial charge in [0.25, 0.3) is 0 Å². The van der Waals surface area contributed by atoms with Gasteiger partial charge in [0.1, 0.15) is 18.5 Å². The van der Waals surface area contributed by atoms with Crippen LogP contribution in [-0.4, -0.2) is 41.8 Å². The van der Waals surface area contributed by atoms with Crippen LogP contribution in [0.25, 0.3) is 0 Å². The number of hydrogen-bond donors (Lipinski definition) is 3. The van der Waals surface area contributed by atoms with Crippen LogP contribution in [-0.2, 0) is 16.0 Å². The van der Waals surface area contributed by atoms with Crippen molar-refractivity contribution in [3.8, 4) is 11.5 Å². The van der Waals surface area contributed by atoms with Crippen molar-refractivity contribution in [2.45, 2.75) is 52.2 Å². The Kier molecular flexibility index (Phi) is 7.87. The monoisotopic (exact) mass is 386 g/mol. The number of amides is 1. The SMILES string of the molecule is CC(=O)Oc1ccc(OCC(O)CNC(C)(C)C)c2c1NC(=O)CC2.Cl. The summed E-state index contributed by atoms with van der Waals surface area (Å²) >= 11 is 0. The average molecular weight is 387 g/mol. The lowest BCUT2D eigenvalue weighted by molar-refractivity contribution is -0.132. The van der Waals surface area contributed by atoms with Gasteiger partial charge in [-0.2, -0.15) is 0 Å². The number of hydrogen-bond acceptors (Lipinski definition) is 6. The molecule has 0 aliphatic carbocycles. The number of nitrogens with one attached hydrogen (secondary N) is 2. The van der Waals surface area contributed by atoms with E-state index in [1.54, 1.807) is 12.1 Å². The van der Waals surface area contributed by atoms with Crippen LogP contribution < -0.4 is 20.1 Å². The lowest BCUT2D eigenvalue weighted by Gasteiger charge is -2.25. The van der Waals surface area contributed by atoms with Gasteiger partial charge in [-0.05, 0) is 39.3 Å². The zero-order valence-electron chi connectivity index (χ0n) is 15.5. The van der Waals surface area contributed by atoms with Crippen LogP contribution in [0.15, 0.2) is 12.1 Å². The van der Waals surface area contributed by atoms with Gasteiger partial charge in [0.05, 0.1) is 5.69 Å². The molecule has 0 fully saturated rings. The topological polar surface area (TPSA) is 96.9 Å². The molecule has 8 heteroatoms. The molecule has 1 heterocycles. The number of fused-ring (bicyclic) bond motifs is 1. The third kappa shape index (κ3) is 6.48. The molecule has 26 heavy (non-hydrogen) atoms. The number of carbonyl (C=O) groups is 2. The Morgan fingerprint density at radius 3 is 2.58 bits per heavy atom. The molecule has 0 radical (unpaired) electrons. The molecule has 1 atom stereocenters. The summed E-state index contributed by atoms with van der Waals surface area (Å²) in [5.41, 5.74) is 1.15. The first kappa shape index (κ1) is 22.2. The lowest BCUT2D eigenvalue weighted by atomic mass is 10.0. The normalized spacial score (nSPS) is 14.6. The molecule has 2 rings (SSSR count). The van der Waals surface area contributed by atoms with Gasteiger partial charge in [0, 0.05) is 31.0 Å². The Morgan fingerprint density at radius 1 is 1.31 bits per heavy atom. The number of carbonyl (C=O) groups excluding carboxylic acids is 2. The molecule has 0 saturated carbocycles. The van der Waals surface area contributed by atoms with E-state index in [-0.39, 0.29) is 30.5 Å². The van der Waals surface area contributed by atoms with Crippen LogP contribution in [0.1, 0.15) is 39.7 Å². The maximum absolute atomic E-state index is 11.7. The summed E-state index contributed by atoms with van der Waals surface area (Å²) in [5.74, 6) is 0.283. The fourth-order valence-electron chi connectivity index (χ4n) is 2.48. The molecule has 0 bridgehead atoms. The molecule has 7 nitrogen and oxygen atoms in total. The first-order valence-electron chi connectivity index (χ1n) is 8.36.